The van der Waals surface area contributed by atoms with E-state index in [4.69, 9.17) is 12.2 Å². The quantitative estimate of drug-likeness (QED) is 0.569. The van der Waals surface area contributed by atoms with Gasteiger partial charge in [0.05, 0.1) is 4.99 Å². The van der Waals surface area contributed by atoms with E-state index in [0.717, 1.165) is 4.99 Å². The van der Waals surface area contributed by atoms with E-state index in [2.05, 4.69) is 32.6 Å². The fourth-order valence-electron chi connectivity index (χ4n) is 1.32. The van der Waals surface area contributed by atoms with Crippen molar-refractivity contribution in [3.05, 3.63) is 0 Å². The summed E-state index contributed by atoms with van der Waals surface area (Å²) in [7, 11) is 0. The summed E-state index contributed by atoms with van der Waals surface area (Å²) < 4.78 is 0. The number of nitrogens with zero attached hydrogens (tertiary/aromatic N) is 1. The summed E-state index contributed by atoms with van der Waals surface area (Å²) in [6.07, 6.45) is 0. The van der Waals surface area contributed by atoms with Gasteiger partial charge in [-0.25, -0.2) is 0 Å². The minimum atomic E-state index is 0.525. The lowest BCUT2D eigenvalue weighted by Gasteiger charge is -2.31. The molecular weight excluding hydrogens is 142 g/mol. The molecule has 0 spiro atoms. The van der Waals surface area contributed by atoms with Crippen LogP contribution in [0.2, 0.25) is 0 Å². The maximum atomic E-state index is 5.10. The van der Waals surface area contributed by atoms with Crippen molar-refractivity contribution < 1.29 is 0 Å². The highest BCUT2D eigenvalue weighted by molar-refractivity contribution is 7.80. The highest BCUT2D eigenvalue weighted by Crippen LogP contribution is 2.05. The summed E-state index contributed by atoms with van der Waals surface area (Å²) in [5, 5.41) is 0. The normalized spacial score (nSPS) is 10.7. The number of hydrogen-bond acceptors (Lipinski definition) is 1. The molecule has 0 aliphatic heterocycles. The molecule has 0 N–H and O–H groups in total. The standard InChI is InChI=1S/C8H17NS/c1-6(2)9(7(3)4)8(5)10/h6-7H,1-5H3. The highest BCUT2D eigenvalue weighted by atomic mass is 32.1. The van der Waals surface area contributed by atoms with E-state index >= 15 is 0 Å². The van der Waals surface area contributed by atoms with Crippen LogP contribution in [0.4, 0.5) is 0 Å². The first-order valence-corrected chi connectivity index (χ1v) is 4.16. The summed E-state index contributed by atoms with van der Waals surface area (Å²) in [6, 6.07) is 1.05. The van der Waals surface area contributed by atoms with Crippen molar-refractivity contribution in [1.82, 2.24) is 4.90 Å². The molecule has 0 aromatic rings. The lowest BCUT2D eigenvalue weighted by atomic mass is 10.2. The van der Waals surface area contributed by atoms with Gasteiger partial charge in [0.25, 0.3) is 0 Å². The number of rotatable bonds is 2. The molecule has 0 radical (unpaired) electrons. The lowest BCUT2D eigenvalue weighted by Crippen LogP contribution is -2.39. The van der Waals surface area contributed by atoms with E-state index in [1.165, 1.54) is 0 Å². The number of hydrogen-bond donors (Lipinski definition) is 0. The van der Waals surface area contributed by atoms with Gasteiger partial charge in [-0.05, 0) is 34.6 Å². The maximum absolute atomic E-state index is 5.10. The van der Waals surface area contributed by atoms with Gasteiger partial charge in [0, 0.05) is 12.1 Å². The first-order chi connectivity index (χ1) is 4.46. The van der Waals surface area contributed by atoms with Gasteiger partial charge in [-0.2, -0.15) is 0 Å². The van der Waals surface area contributed by atoms with E-state index in [1.807, 2.05) is 6.92 Å². The summed E-state index contributed by atoms with van der Waals surface area (Å²) in [6.45, 7) is 10.6. The van der Waals surface area contributed by atoms with Gasteiger partial charge in [-0.3, -0.25) is 0 Å². The van der Waals surface area contributed by atoms with Gasteiger partial charge in [-0.1, -0.05) is 12.2 Å². The fourth-order valence-corrected chi connectivity index (χ4v) is 1.75. The zero-order valence-corrected chi connectivity index (χ0v) is 8.33. The lowest BCUT2D eigenvalue weighted by molar-refractivity contribution is 0.296. The van der Waals surface area contributed by atoms with Gasteiger partial charge in [-0.15, -0.1) is 0 Å². The third-order valence-electron chi connectivity index (χ3n) is 1.48. The van der Waals surface area contributed by atoms with Crippen LogP contribution in [0.3, 0.4) is 0 Å². The van der Waals surface area contributed by atoms with Crippen LogP contribution in [0, 0.1) is 0 Å². The topological polar surface area (TPSA) is 3.24 Å². The van der Waals surface area contributed by atoms with E-state index in [-0.39, 0.29) is 0 Å². The van der Waals surface area contributed by atoms with Crippen molar-refractivity contribution in [2.75, 3.05) is 0 Å². The molecule has 0 amide bonds. The summed E-state index contributed by atoms with van der Waals surface area (Å²) >= 11 is 5.10. The van der Waals surface area contributed by atoms with Crippen LogP contribution < -0.4 is 0 Å². The Morgan fingerprint density at radius 2 is 1.40 bits per heavy atom. The molecule has 2 heteroatoms. The Bertz CT molecular complexity index is 110. The summed E-state index contributed by atoms with van der Waals surface area (Å²) in [5.41, 5.74) is 0. The Morgan fingerprint density at radius 1 is 1.10 bits per heavy atom. The Balaban J connectivity index is 4.12. The van der Waals surface area contributed by atoms with Crippen LogP contribution in [0.5, 0.6) is 0 Å². The molecule has 10 heavy (non-hydrogen) atoms. The van der Waals surface area contributed by atoms with Crippen molar-refractivity contribution in [3.8, 4) is 0 Å². The molecule has 0 saturated heterocycles. The molecule has 0 aromatic heterocycles. The maximum Gasteiger partial charge on any atom is 0.0752 e. The molecule has 0 bridgehead atoms. The molecule has 0 unspecified atom stereocenters. The van der Waals surface area contributed by atoms with Crippen LogP contribution >= 0.6 is 12.2 Å². The molecule has 60 valence electrons. The fraction of sp³-hybridized carbons (Fsp3) is 0.875. The van der Waals surface area contributed by atoms with Gasteiger partial charge < -0.3 is 4.90 Å². The second-order valence-corrected chi connectivity index (χ2v) is 3.70. The smallest absolute Gasteiger partial charge is 0.0752 e. The van der Waals surface area contributed by atoms with Crippen molar-refractivity contribution in [3.63, 3.8) is 0 Å². The zero-order chi connectivity index (χ0) is 8.31. The number of thiocarbonyl (C=S) groups is 1. The Labute approximate surface area is 69.4 Å². The van der Waals surface area contributed by atoms with Crippen LogP contribution in [0.25, 0.3) is 0 Å². The molecular formula is C8H17NS. The van der Waals surface area contributed by atoms with Crippen molar-refractivity contribution in [2.24, 2.45) is 0 Å². The second kappa shape index (κ2) is 3.91. The molecule has 0 aromatic carbocycles. The Kier molecular flexibility index (Phi) is 3.87. The van der Waals surface area contributed by atoms with E-state index in [9.17, 15) is 0 Å². The van der Waals surface area contributed by atoms with Crippen LogP contribution in [0.1, 0.15) is 34.6 Å². The third kappa shape index (κ3) is 2.65. The molecule has 0 fully saturated rings. The van der Waals surface area contributed by atoms with E-state index < -0.39 is 0 Å². The van der Waals surface area contributed by atoms with Gasteiger partial charge in [0.1, 0.15) is 0 Å². The van der Waals surface area contributed by atoms with E-state index in [0.29, 0.717) is 12.1 Å². The minimum Gasteiger partial charge on any atom is -0.362 e. The second-order valence-electron chi connectivity index (χ2n) is 3.11. The molecule has 0 heterocycles. The van der Waals surface area contributed by atoms with Gasteiger partial charge in [0.2, 0.25) is 0 Å². The molecule has 0 aliphatic rings. The Hall–Kier alpha value is -0.110. The molecule has 0 saturated carbocycles. The van der Waals surface area contributed by atoms with E-state index in [1.54, 1.807) is 0 Å². The SMILES string of the molecule is CC(=S)N(C(C)C)C(C)C. The van der Waals surface area contributed by atoms with Crippen LogP contribution in [-0.4, -0.2) is 22.0 Å². The first-order valence-electron chi connectivity index (χ1n) is 3.75. The highest BCUT2D eigenvalue weighted by Gasteiger charge is 2.12. The average Bonchev–Trinajstić information content (AvgIpc) is 1.59. The van der Waals surface area contributed by atoms with Crippen LogP contribution in [-0.2, 0) is 0 Å². The Morgan fingerprint density at radius 3 is 1.40 bits per heavy atom. The predicted molar refractivity (Wildman–Crippen MR) is 50.4 cm³/mol. The monoisotopic (exact) mass is 159 g/mol. The third-order valence-corrected chi connectivity index (χ3v) is 1.69. The summed E-state index contributed by atoms with van der Waals surface area (Å²) in [4.78, 5) is 3.22. The van der Waals surface area contributed by atoms with Gasteiger partial charge >= 0.3 is 0 Å². The molecule has 0 rings (SSSR count). The van der Waals surface area contributed by atoms with Crippen LogP contribution in [0.15, 0.2) is 0 Å². The van der Waals surface area contributed by atoms with Gasteiger partial charge in [0.15, 0.2) is 0 Å². The zero-order valence-electron chi connectivity index (χ0n) is 7.51. The average molecular weight is 159 g/mol. The summed E-state index contributed by atoms with van der Waals surface area (Å²) in [5.74, 6) is 0. The largest absolute Gasteiger partial charge is 0.362 e. The predicted octanol–water partition coefficient (Wildman–Crippen LogP) is 2.45. The minimum absolute atomic E-state index is 0.525. The van der Waals surface area contributed by atoms with Crippen molar-refractivity contribution in [2.45, 2.75) is 46.7 Å². The molecule has 0 atom stereocenters. The molecule has 0 aliphatic carbocycles. The molecule has 1 nitrogen and oxygen atoms in total. The van der Waals surface area contributed by atoms with Crippen molar-refractivity contribution >= 4 is 17.2 Å². The first kappa shape index (κ1) is 9.89. The van der Waals surface area contributed by atoms with Crippen molar-refractivity contribution in [1.29, 1.82) is 0 Å².